The molecule has 6 nitrogen and oxygen atoms in total. The first-order valence-corrected chi connectivity index (χ1v) is 6.78. The number of hydrogen-bond donors (Lipinski definition) is 2. The Hall–Kier alpha value is -2.08. The highest BCUT2D eigenvalue weighted by Gasteiger charge is 2.42. The average molecular weight is 293 g/mol. The number of likely N-dealkylation sites (tertiary alicyclic amines) is 1. The lowest BCUT2D eigenvalue weighted by atomic mass is 10.0. The van der Waals surface area contributed by atoms with E-state index in [0.29, 0.717) is 0 Å². The summed E-state index contributed by atoms with van der Waals surface area (Å²) in [7, 11) is 1.27. The maximum Gasteiger partial charge on any atom is 0.328 e. The van der Waals surface area contributed by atoms with Gasteiger partial charge in [-0.05, 0) is 17.7 Å². The Morgan fingerprint density at radius 1 is 1.43 bits per heavy atom. The van der Waals surface area contributed by atoms with Gasteiger partial charge in [-0.1, -0.05) is 19.1 Å². The second kappa shape index (κ2) is 6.13. The summed E-state index contributed by atoms with van der Waals surface area (Å²) in [5.41, 5.74) is 0.796. The fraction of sp³-hybridized carbons (Fsp3) is 0.467. The van der Waals surface area contributed by atoms with Gasteiger partial charge in [-0.25, -0.2) is 4.79 Å². The Bertz CT molecular complexity index is 527. The number of carbonyl (C=O) groups is 2. The van der Waals surface area contributed by atoms with E-state index in [4.69, 9.17) is 4.74 Å². The second-order valence-corrected chi connectivity index (χ2v) is 5.26. The van der Waals surface area contributed by atoms with Gasteiger partial charge in [0.15, 0.2) is 0 Å². The van der Waals surface area contributed by atoms with E-state index < -0.39 is 24.0 Å². The molecule has 6 heteroatoms. The lowest BCUT2D eigenvalue weighted by Crippen LogP contribution is -2.45. The van der Waals surface area contributed by atoms with Gasteiger partial charge in [-0.2, -0.15) is 0 Å². The number of phenols is 1. The van der Waals surface area contributed by atoms with Crippen LogP contribution in [0.25, 0.3) is 0 Å². The summed E-state index contributed by atoms with van der Waals surface area (Å²) < 4.78 is 4.78. The monoisotopic (exact) mass is 293 g/mol. The molecule has 21 heavy (non-hydrogen) atoms. The molecule has 1 heterocycles. The van der Waals surface area contributed by atoms with Crippen molar-refractivity contribution in [2.75, 3.05) is 13.7 Å². The number of esters is 1. The first-order valence-electron chi connectivity index (χ1n) is 6.78. The van der Waals surface area contributed by atoms with Crippen LogP contribution in [-0.2, 0) is 20.7 Å². The van der Waals surface area contributed by atoms with Crippen molar-refractivity contribution in [2.24, 2.45) is 5.92 Å². The normalized spacial score (nSPS) is 23.2. The summed E-state index contributed by atoms with van der Waals surface area (Å²) in [5.74, 6) is -1.15. The van der Waals surface area contributed by atoms with E-state index in [1.165, 1.54) is 24.1 Å². The van der Waals surface area contributed by atoms with E-state index >= 15 is 0 Å². The highest BCUT2D eigenvalue weighted by molar-refractivity contribution is 5.87. The van der Waals surface area contributed by atoms with Gasteiger partial charge in [-0.3, -0.25) is 4.79 Å². The van der Waals surface area contributed by atoms with Gasteiger partial charge in [0.25, 0.3) is 0 Å². The minimum atomic E-state index is -0.774. The molecule has 2 N–H and O–H groups in total. The molecular formula is C15H19NO5. The van der Waals surface area contributed by atoms with Crippen LogP contribution in [0.1, 0.15) is 12.5 Å². The molecule has 1 aromatic carbocycles. The van der Waals surface area contributed by atoms with Gasteiger partial charge in [0, 0.05) is 13.0 Å². The number of carbonyl (C=O) groups excluding carboxylic acids is 2. The quantitative estimate of drug-likeness (QED) is 0.781. The van der Waals surface area contributed by atoms with Gasteiger partial charge < -0.3 is 19.8 Å². The van der Waals surface area contributed by atoms with Crippen LogP contribution in [0, 0.1) is 5.92 Å². The number of methoxy groups -OCH3 is 1. The number of aliphatic hydroxyl groups is 1. The molecule has 0 spiro atoms. The molecule has 0 unspecified atom stereocenters. The van der Waals surface area contributed by atoms with Crippen LogP contribution in [0.3, 0.4) is 0 Å². The van der Waals surface area contributed by atoms with E-state index in [0.717, 1.165) is 5.56 Å². The largest absolute Gasteiger partial charge is 0.508 e. The highest BCUT2D eigenvalue weighted by atomic mass is 16.5. The molecule has 1 aliphatic heterocycles. The predicted molar refractivity (Wildman–Crippen MR) is 74.5 cm³/mol. The van der Waals surface area contributed by atoms with Crippen LogP contribution in [0.15, 0.2) is 24.3 Å². The van der Waals surface area contributed by atoms with E-state index in [2.05, 4.69) is 0 Å². The van der Waals surface area contributed by atoms with Gasteiger partial charge in [0.1, 0.15) is 11.8 Å². The summed E-state index contributed by atoms with van der Waals surface area (Å²) in [4.78, 5) is 25.5. The van der Waals surface area contributed by atoms with E-state index in [-0.39, 0.29) is 24.6 Å². The van der Waals surface area contributed by atoms with Crippen molar-refractivity contribution in [1.29, 1.82) is 0 Å². The van der Waals surface area contributed by atoms with E-state index in [1.54, 1.807) is 19.1 Å². The second-order valence-electron chi connectivity index (χ2n) is 5.26. The number of phenolic OH excluding ortho intramolecular Hbond substituents is 1. The number of benzene rings is 1. The smallest absolute Gasteiger partial charge is 0.328 e. The van der Waals surface area contributed by atoms with Crippen LogP contribution >= 0.6 is 0 Å². The number of aromatic hydroxyl groups is 1. The Labute approximate surface area is 122 Å². The molecule has 3 atom stereocenters. The third-order valence-corrected chi connectivity index (χ3v) is 3.85. The fourth-order valence-electron chi connectivity index (χ4n) is 2.47. The number of rotatable bonds is 4. The minimum Gasteiger partial charge on any atom is -0.508 e. The zero-order valence-corrected chi connectivity index (χ0v) is 12.0. The van der Waals surface area contributed by atoms with Crippen LogP contribution in [-0.4, -0.2) is 52.8 Å². The SMILES string of the molecule is COC(=O)[C@H](Cc1ccc(O)cc1)N1C[C@H](O)[C@H](C)C1=O. The maximum atomic E-state index is 12.1. The molecule has 0 radical (unpaired) electrons. The van der Waals surface area contributed by atoms with Gasteiger partial charge in [0.2, 0.25) is 5.91 Å². The van der Waals surface area contributed by atoms with Crippen molar-refractivity contribution in [2.45, 2.75) is 25.5 Å². The van der Waals surface area contributed by atoms with Crippen LogP contribution in [0.5, 0.6) is 5.75 Å². The molecule has 1 fully saturated rings. The Morgan fingerprint density at radius 3 is 2.52 bits per heavy atom. The Balaban J connectivity index is 2.21. The van der Waals surface area contributed by atoms with Crippen molar-refractivity contribution in [3.63, 3.8) is 0 Å². The minimum absolute atomic E-state index is 0.123. The molecule has 0 saturated carbocycles. The number of nitrogens with zero attached hydrogens (tertiary/aromatic N) is 1. The number of ether oxygens (including phenoxy) is 1. The van der Waals surface area contributed by atoms with E-state index in [9.17, 15) is 19.8 Å². The van der Waals surface area contributed by atoms with Crippen molar-refractivity contribution in [3.05, 3.63) is 29.8 Å². The summed E-state index contributed by atoms with van der Waals surface area (Å²) >= 11 is 0. The zero-order valence-electron chi connectivity index (χ0n) is 12.0. The third-order valence-electron chi connectivity index (χ3n) is 3.85. The first kappa shape index (κ1) is 15.3. The average Bonchev–Trinajstić information content (AvgIpc) is 2.73. The van der Waals surface area contributed by atoms with Crippen LogP contribution in [0.2, 0.25) is 0 Å². The number of amides is 1. The van der Waals surface area contributed by atoms with Gasteiger partial charge in [-0.15, -0.1) is 0 Å². The molecule has 2 rings (SSSR count). The molecule has 0 bridgehead atoms. The number of β-amino-alcohol motifs (C(OH)–C–C–N with tert-alkyl or cyclic N) is 1. The lowest BCUT2D eigenvalue weighted by molar-refractivity contribution is -0.151. The molecule has 0 aromatic heterocycles. The zero-order chi connectivity index (χ0) is 15.6. The van der Waals surface area contributed by atoms with Crippen LogP contribution < -0.4 is 0 Å². The van der Waals surface area contributed by atoms with Gasteiger partial charge in [0.05, 0.1) is 19.1 Å². The number of hydrogen-bond acceptors (Lipinski definition) is 5. The maximum absolute atomic E-state index is 12.1. The van der Waals surface area contributed by atoms with Gasteiger partial charge >= 0.3 is 5.97 Å². The molecule has 114 valence electrons. The fourth-order valence-corrected chi connectivity index (χ4v) is 2.47. The van der Waals surface area contributed by atoms with Crippen molar-refractivity contribution in [1.82, 2.24) is 4.90 Å². The molecule has 1 aliphatic rings. The Morgan fingerprint density at radius 2 is 2.05 bits per heavy atom. The topological polar surface area (TPSA) is 87.1 Å². The van der Waals surface area contributed by atoms with E-state index in [1.807, 2.05) is 0 Å². The first-order chi connectivity index (χ1) is 9.93. The van der Waals surface area contributed by atoms with Crippen molar-refractivity contribution < 1.29 is 24.5 Å². The summed E-state index contributed by atoms with van der Waals surface area (Å²) in [6, 6.07) is 5.64. The molecule has 1 aromatic rings. The Kier molecular flexibility index (Phi) is 4.47. The molecular weight excluding hydrogens is 274 g/mol. The summed E-state index contributed by atoms with van der Waals surface area (Å²) in [6.07, 6.45) is -0.498. The molecule has 1 saturated heterocycles. The molecule has 0 aliphatic carbocycles. The molecule has 1 amide bonds. The number of aliphatic hydroxyl groups excluding tert-OH is 1. The standard InChI is InChI=1S/C15H19NO5/c1-9-13(18)8-16(14(9)19)12(15(20)21-2)7-10-3-5-11(17)6-4-10/h3-6,9,12-13,17-18H,7-8H2,1-2H3/t9-,12-,13-/m0/s1. The summed E-state index contributed by atoms with van der Waals surface area (Å²) in [6.45, 7) is 1.76. The summed E-state index contributed by atoms with van der Waals surface area (Å²) in [5, 5.41) is 19.1. The third kappa shape index (κ3) is 3.16. The lowest BCUT2D eigenvalue weighted by Gasteiger charge is -2.25. The van der Waals surface area contributed by atoms with Crippen LogP contribution in [0.4, 0.5) is 0 Å². The van der Waals surface area contributed by atoms with Crippen molar-refractivity contribution in [3.8, 4) is 5.75 Å². The highest BCUT2D eigenvalue weighted by Crippen LogP contribution is 2.23. The van der Waals surface area contributed by atoms with Crippen molar-refractivity contribution >= 4 is 11.9 Å². The predicted octanol–water partition coefficient (Wildman–Crippen LogP) is 0.315.